The summed E-state index contributed by atoms with van der Waals surface area (Å²) in [6.45, 7) is 7.29. The molecule has 72 valence electrons. The molecule has 0 bridgehead atoms. The van der Waals surface area contributed by atoms with E-state index in [1.54, 1.807) is 13.8 Å². The minimum absolute atomic E-state index is 0.172. The van der Waals surface area contributed by atoms with Crippen LogP contribution in [0.1, 0.15) is 20.3 Å². The number of rotatable bonds is 2. The van der Waals surface area contributed by atoms with Crippen LogP contribution in [0, 0.1) is 0 Å². The lowest BCUT2D eigenvalue weighted by Crippen LogP contribution is -2.33. The second kappa shape index (κ2) is 3.20. The van der Waals surface area contributed by atoms with Gasteiger partial charge < -0.3 is 4.74 Å². The molecular weight excluding hydrogens is 170 g/mol. The Morgan fingerprint density at radius 1 is 1.77 bits per heavy atom. The normalized spacial score (nSPS) is 19.8. The molecule has 0 atom stereocenters. The minimum Gasteiger partial charge on any atom is -0.441 e. The average Bonchev–Trinajstić information content (AvgIpc) is 2.25. The summed E-state index contributed by atoms with van der Waals surface area (Å²) in [6, 6.07) is 0. The zero-order valence-corrected chi connectivity index (χ0v) is 7.87. The van der Waals surface area contributed by atoms with Crippen LogP contribution in [0.5, 0.6) is 0 Å². The van der Waals surface area contributed by atoms with E-state index in [-0.39, 0.29) is 12.3 Å². The van der Waals surface area contributed by atoms with E-state index < -0.39 is 11.7 Å². The lowest BCUT2D eigenvalue weighted by Gasteiger charge is -2.13. The summed E-state index contributed by atoms with van der Waals surface area (Å²) in [5, 5.41) is 0. The van der Waals surface area contributed by atoms with Crippen molar-refractivity contribution in [2.24, 2.45) is 0 Å². The standard InChI is InChI=1S/C9H13NO3/c1-4-5-7(11)10-6-9(2,3)13-8(10)12/h4H,1,5-6H2,2-3H3. The lowest BCUT2D eigenvalue weighted by atomic mass is 10.1. The molecule has 0 N–H and O–H groups in total. The molecule has 1 aliphatic heterocycles. The molecule has 1 rings (SSSR count). The van der Waals surface area contributed by atoms with Gasteiger partial charge in [0.2, 0.25) is 5.91 Å². The fraction of sp³-hybridized carbons (Fsp3) is 0.556. The number of ether oxygens (including phenoxy) is 1. The highest BCUT2D eigenvalue weighted by atomic mass is 16.6. The Hall–Kier alpha value is -1.32. The maximum atomic E-state index is 11.3. The van der Waals surface area contributed by atoms with Crippen molar-refractivity contribution in [2.75, 3.05) is 6.54 Å². The van der Waals surface area contributed by atoms with E-state index in [2.05, 4.69) is 6.58 Å². The van der Waals surface area contributed by atoms with Crippen molar-refractivity contribution in [1.29, 1.82) is 0 Å². The largest absolute Gasteiger partial charge is 0.441 e. The van der Waals surface area contributed by atoms with Gasteiger partial charge in [-0.15, -0.1) is 6.58 Å². The van der Waals surface area contributed by atoms with Crippen LogP contribution in [0.2, 0.25) is 0 Å². The summed E-state index contributed by atoms with van der Waals surface area (Å²) in [4.78, 5) is 23.6. The topological polar surface area (TPSA) is 46.6 Å². The molecule has 1 aliphatic rings. The van der Waals surface area contributed by atoms with Crippen LogP contribution < -0.4 is 0 Å². The predicted molar refractivity (Wildman–Crippen MR) is 47.1 cm³/mol. The third-order valence-corrected chi connectivity index (χ3v) is 1.74. The number of cyclic esters (lactones) is 1. The van der Waals surface area contributed by atoms with Crippen LogP contribution >= 0.6 is 0 Å². The molecule has 0 saturated carbocycles. The van der Waals surface area contributed by atoms with E-state index in [1.807, 2.05) is 0 Å². The van der Waals surface area contributed by atoms with Crippen molar-refractivity contribution in [3.63, 3.8) is 0 Å². The Morgan fingerprint density at radius 2 is 2.38 bits per heavy atom. The van der Waals surface area contributed by atoms with Gasteiger partial charge >= 0.3 is 6.09 Å². The molecule has 13 heavy (non-hydrogen) atoms. The number of imide groups is 1. The molecule has 0 aromatic heterocycles. The van der Waals surface area contributed by atoms with Crippen LogP contribution in [-0.2, 0) is 9.53 Å². The average molecular weight is 183 g/mol. The molecule has 0 radical (unpaired) electrons. The summed E-state index contributed by atoms with van der Waals surface area (Å²) < 4.78 is 4.96. The van der Waals surface area contributed by atoms with Crippen molar-refractivity contribution in [2.45, 2.75) is 25.9 Å². The van der Waals surface area contributed by atoms with Gasteiger partial charge in [0, 0.05) is 6.42 Å². The molecule has 1 fully saturated rings. The molecule has 1 saturated heterocycles. The highest BCUT2D eigenvalue weighted by Gasteiger charge is 2.40. The highest BCUT2D eigenvalue weighted by molar-refractivity contribution is 5.94. The molecule has 4 nitrogen and oxygen atoms in total. The summed E-state index contributed by atoms with van der Waals surface area (Å²) in [6.07, 6.45) is 1.09. The highest BCUT2D eigenvalue weighted by Crippen LogP contribution is 2.21. The Bertz CT molecular complexity index is 258. The first-order chi connectivity index (χ1) is 5.96. The second-order valence-corrected chi connectivity index (χ2v) is 3.60. The van der Waals surface area contributed by atoms with Crippen molar-refractivity contribution in [3.05, 3.63) is 12.7 Å². The fourth-order valence-corrected chi connectivity index (χ4v) is 1.19. The van der Waals surface area contributed by atoms with Gasteiger partial charge in [-0.25, -0.2) is 9.69 Å². The third-order valence-electron chi connectivity index (χ3n) is 1.74. The van der Waals surface area contributed by atoms with Crippen LogP contribution in [0.4, 0.5) is 4.79 Å². The maximum Gasteiger partial charge on any atom is 0.417 e. The molecule has 0 spiro atoms. The fourth-order valence-electron chi connectivity index (χ4n) is 1.19. The van der Waals surface area contributed by atoms with Crippen molar-refractivity contribution in [1.82, 2.24) is 4.90 Å². The molecule has 4 heteroatoms. The maximum absolute atomic E-state index is 11.3. The zero-order valence-electron chi connectivity index (χ0n) is 7.87. The molecule has 0 aliphatic carbocycles. The first-order valence-corrected chi connectivity index (χ1v) is 4.10. The number of nitrogens with zero attached hydrogens (tertiary/aromatic N) is 1. The third kappa shape index (κ3) is 2.08. The van der Waals surface area contributed by atoms with Crippen molar-refractivity contribution < 1.29 is 14.3 Å². The van der Waals surface area contributed by atoms with Crippen LogP contribution in [-0.4, -0.2) is 29.0 Å². The monoisotopic (exact) mass is 183 g/mol. The van der Waals surface area contributed by atoms with E-state index in [4.69, 9.17) is 4.74 Å². The Labute approximate surface area is 77.2 Å². The Morgan fingerprint density at radius 3 is 2.77 bits per heavy atom. The van der Waals surface area contributed by atoms with Crippen LogP contribution in [0.25, 0.3) is 0 Å². The van der Waals surface area contributed by atoms with Crippen molar-refractivity contribution >= 4 is 12.0 Å². The van der Waals surface area contributed by atoms with Gasteiger partial charge in [-0.2, -0.15) is 0 Å². The summed E-state index contributed by atoms with van der Waals surface area (Å²) >= 11 is 0. The Balaban J connectivity index is 2.68. The number of carbonyl (C=O) groups is 2. The molecule has 2 amide bonds. The first kappa shape index (κ1) is 9.77. The van der Waals surface area contributed by atoms with Crippen molar-refractivity contribution in [3.8, 4) is 0 Å². The molecule has 1 heterocycles. The molecule has 0 unspecified atom stereocenters. The second-order valence-electron chi connectivity index (χ2n) is 3.60. The van der Waals surface area contributed by atoms with Gasteiger partial charge in [-0.3, -0.25) is 4.79 Å². The molecule has 0 aromatic carbocycles. The van der Waals surface area contributed by atoms with E-state index in [0.29, 0.717) is 6.54 Å². The van der Waals surface area contributed by atoms with Gasteiger partial charge in [0.1, 0.15) is 5.60 Å². The van der Waals surface area contributed by atoms with E-state index in [1.165, 1.54) is 6.08 Å². The van der Waals surface area contributed by atoms with Gasteiger partial charge in [-0.05, 0) is 13.8 Å². The smallest absolute Gasteiger partial charge is 0.417 e. The molecule has 0 aromatic rings. The van der Waals surface area contributed by atoms with Gasteiger partial charge in [0.05, 0.1) is 6.54 Å². The number of hydrogen-bond acceptors (Lipinski definition) is 3. The Kier molecular flexibility index (Phi) is 2.40. The van der Waals surface area contributed by atoms with Gasteiger partial charge in [0.15, 0.2) is 0 Å². The zero-order chi connectivity index (χ0) is 10.1. The number of amides is 2. The van der Waals surface area contributed by atoms with Gasteiger partial charge in [-0.1, -0.05) is 6.08 Å². The summed E-state index contributed by atoms with van der Waals surface area (Å²) in [5.74, 6) is -0.259. The van der Waals surface area contributed by atoms with E-state index >= 15 is 0 Å². The van der Waals surface area contributed by atoms with E-state index in [0.717, 1.165) is 4.90 Å². The number of hydrogen-bond donors (Lipinski definition) is 0. The summed E-state index contributed by atoms with van der Waals surface area (Å²) in [7, 11) is 0. The quantitative estimate of drug-likeness (QED) is 0.606. The molecular formula is C9H13NO3. The lowest BCUT2D eigenvalue weighted by molar-refractivity contribution is -0.127. The van der Waals surface area contributed by atoms with Crippen LogP contribution in [0.15, 0.2) is 12.7 Å². The summed E-state index contributed by atoms with van der Waals surface area (Å²) in [5.41, 5.74) is -0.562. The van der Waals surface area contributed by atoms with Crippen LogP contribution in [0.3, 0.4) is 0 Å². The number of carbonyl (C=O) groups excluding carboxylic acids is 2. The minimum atomic E-state index is -0.562. The predicted octanol–water partition coefficient (Wildman–Crippen LogP) is 1.32. The van der Waals surface area contributed by atoms with E-state index in [9.17, 15) is 9.59 Å². The van der Waals surface area contributed by atoms with Gasteiger partial charge in [0.25, 0.3) is 0 Å². The first-order valence-electron chi connectivity index (χ1n) is 4.10. The SMILES string of the molecule is C=CCC(=O)N1CC(C)(C)OC1=O.